The van der Waals surface area contributed by atoms with E-state index in [0.717, 1.165) is 19.3 Å². The third kappa shape index (κ3) is 2.53. The van der Waals surface area contributed by atoms with Crippen LogP contribution in [0.2, 0.25) is 0 Å². The van der Waals surface area contributed by atoms with Crippen LogP contribution in [-0.4, -0.2) is 16.1 Å². The van der Waals surface area contributed by atoms with Crippen molar-refractivity contribution in [3.63, 3.8) is 0 Å². The van der Waals surface area contributed by atoms with E-state index in [1.54, 1.807) is 10.7 Å². The smallest absolute Gasteiger partial charge is 0.170 e. The van der Waals surface area contributed by atoms with E-state index in [4.69, 9.17) is 0 Å². The van der Waals surface area contributed by atoms with Crippen LogP contribution >= 0.6 is 0 Å². The molecule has 0 aliphatic heterocycles. The summed E-state index contributed by atoms with van der Waals surface area (Å²) in [6.45, 7) is 0.803. The summed E-state index contributed by atoms with van der Waals surface area (Å²) in [4.78, 5) is 10.4. The fraction of sp³-hybridized carbons (Fsp3) is 0.167. The van der Waals surface area contributed by atoms with Crippen LogP contribution in [0.3, 0.4) is 0 Å². The quantitative estimate of drug-likeness (QED) is 0.707. The van der Waals surface area contributed by atoms with Crippen LogP contribution in [0.1, 0.15) is 16.1 Å². The number of hydrogen-bond donors (Lipinski definition) is 0. The molecule has 1 heterocycles. The van der Waals surface area contributed by atoms with E-state index in [2.05, 4.69) is 17.2 Å². The van der Waals surface area contributed by atoms with Gasteiger partial charge >= 0.3 is 0 Å². The fourth-order valence-corrected chi connectivity index (χ4v) is 1.45. The molecule has 0 N–H and O–H groups in total. The van der Waals surface area contributed by atoms with Gasteiger partial charge in [0.15, 0.2) is 6.29 Å². The molecule has 0 saturated heterocycles. The zero-order valence-corrected chi connectivity index (χ0v) is 8.34. The molecule has 2 aromatic rings. The Balaban J connectivity index is 1.96. The SMILES string of the molecule is O=Cc1ccn(CCc2ccccc2)n1. The number of nitrogens with zero attached hydrogens (tertiary/aromatic N) is 2. The third-order valence-corrected chi connectivity index (χ3v) is 2.25. The molecule has 0 aliphatic rings. The highest BCUT2D eigenvalue weighted by Crippen LogP contribution is 2.01. The molecule has 15 heavy (non-hydrogen) atoms. The van der Waals surface area contributed by atoms with E-state index < -0.39 is 0 Å². The summed E-state index contributed by atoms with van der Waals surface area (Å²) in [5.41, 5.74) is 1.77. The lowest BCUT2D eigenvalue weighted by molar-refractivity contribution is 0.111. The van der Waals surface area contributed by atoms with Crippen molar-refractivity contribution in [1.82, 2.24) is 9.78 Å². The van der Waals surface area contributed by atoms with Gasteiger partial charge in [0.2, 0.25) is 0 Å². The summed E-state index contributed by atoms with van der Waals surface area (Å²) >= 11 is 0. The van der Waals surface area contributed by atoms with Gasteiger partial charge in [0.1, 0.15) is 5.69 Å². The van der Waals surface area contributed by atoms with Crippen molar-refractivity contribution in [2.24, 2.45) is 0 Å². The second-order valence-electron chi connectivity index (χ2n) is 3.36. The van der Waals surface area contributed by atoms with Gasteiger partial charge < -0.3 is 0 Å². The average molecular weight is 200 g/mol. The zero-order valence-electron chi connectivity index (χ0n) is 8.34. The normalized spacial score (nSPS) is 10.1. The van der Waals surface area contributed by atoms with Crippen molar-refractivity contribution >= 4 is 6.29 Å². The predicted octanol–water partition coefficient (Wildman–Crippen LogP) is 1.94. The molecule has 76 valence electrons. The Kier molecular flexibility index (Phi) is 2.93. The number of benzene rings is 1. The van der Waals surface area contributed by atoms with Gasteiger partial charge in [-0.25, -0.2) is 0 Å². The highest BCUT2D eigenvalue weighted by molar-refractivity contribution is 5.71. The fourth-order valence-electron chi connectivity index (χ4n) is 1.45. The highest BCUT2D eigenvalue weighted by Gasteiger charge is 1.97. The first-order valence-corrected chi connectivity index (χ1v) is 4.91. The molecule has 1 aromatic carbocycles. The molecule has 0 bridgehead atoms. The van der Waals surface area contributed by atoms with E-state index in [-0.39, 0.29) is 0 Å². The second kappa shape index (κ2) is 4.55. The summed E-state index contributed by atoms with van der Waals surface area (Å²) in [6, 6.07) is 11.9. The molecule has 0 radical (unpaired) electrons. The Morgan fingerprint density at radius 1 is 1.20 bits per heavy atom. The van der Waals surface area contributed by atoms with Crippen molar-refractivity contribution in [2.75, 3.05) is 0 Å². The van der Waals surface area contributed by atoms with Gasteiger partial charge in [-0.15, -0.1) is 0 Å². The molecule has 0 unspecified atom stereocenters. The molecule has 0 amide bonds. The minimum Gasteiger partial charge on any atom is -0.296 e. The Morgan fingerprint density at radius 3 is 2.67 bits per heavy atom. The molecule has 0 saturated carbocycles. The lowest BCUT2D eigenvalue weighted by Crippen LogP contribution is -2.02. The van der Waals surface area contributed by atoms with Gasteiger partial charge in [-0.1, -0.05) is 30.3 Å². The Hall–Kier alpha value is -1.90. The number of carbonyl (C=O) groups excluding carboxylic acids is 1. The van der Waals surface area contributed by atoms with Crippen molar-refractivity contribution in [2.45, 2.75) is 13.0 Å². The van der Waals surface area contributed by atoms with Crippen molar-refractivity contribution in [1.29, 1.82) is 0 Å². The number of aromatic nitrogens is 2. The molecular weight excluding hydrogens is 188 g/mol. The van der Waals surface area contributed by atoms with Gasteiger partial charge in [-0.05, 0) is 18.1 Å². The minimum atomic E-state index is 0.489. The lowest BCUT2D eigenvalue weighted by Gasteiger charge is -2.01. The zero-order chi connectivity index (χ0) is 10.5. The Morgan fingerprint density at radius 2 is 2.00 bits per heavy atom. The third-order valence-electron chi connectivity index (χ3n) is 2.25. The first kappa shape index (κ1) is 9.65. The van der Waals surface area contributed by atoms with Gasteiger partial charge in [0, 0.05) is 12.7 Å². The number of carbonyl (C=O) groups is 1. The van der Waals surface area contributed by atoms with E-state index in [9.17, 15) is 4.79 Å². The molecule has 0 spiro atoms. The maximum atomic E-state index is 10.4. The standard InChI is InChI=1S/C12H12N2O/c15-10-12-7-9-14(13-12)8-6-11-4-2-1-3-5-11/h1-5,7,9-10H,6,8H2. The summed E-state index contributed by atoms with van der Waals surface area (Å²) in [7, 11) is 0. The number of rotatable bonds is 4. The minimum absolute atomic E-state index is 0.489. The summed E-state index contributed by atoms with van der Waals surface area (Å²) in [5.74, 6) is 0. The summed E-state index contributed by atoms with van der Waals surface area (Å²) in [6.07, 6.45) is 3.52. The van der Waals surface area contributed by atoms with Gasteiger partial charge in [0.05, 0.1) is 0 Å². The molecule has 3 heteroatoms. The molecule has 0 atom stereocenters. The van der Waals surface area contributed by atoms with Crippen molar-refractivity contribution in [3.05, 3.63) is 53.9 Å². The molecule has 1 aromatic heterocycles. The van der Waals surface area contributed by atoms with Crippen LogP contribution in [0.4, 0.5) is 0 Å². The Bertz CT molecular complexity index is 434. The van der Waals surface area contributed by atoms with E-state index in [1.807, 2.05) is 24.4 Å². The summed E-state index contributed by atoms with van der Waals surface area (Å²) in [5, 5.41) is 4.09. The number of aldehydes is 1. The molecule has 3 nitrogen and oxygen atoms in total. The molecule has 0 fully saturated rings. The van der Waals surface area contributed by atoms with Crippen LogP contribution in [0, 0.1) is 0 Å². The molecular formula is C12H12N2O. The van der Waals surface area contributed by atoms with E-state index >= 15 is 0 Å². The maximum Gasteiger partial charge on any atom is 0.170 e. The first-order chi connectivity index (χ1) is 7.38. The van der Waals surface area contributed by atoms with Crippen LogP contribution in [0.15, 0.2) is 42.6 Å². The number of aryl methyl sites for hydroxylation is 2. The Labute approximate surface area is 88.4 Å². The van der Waals surface area contributed by atoms with Crippen LogP contribution < -0.4 is 0 Å². The average Bonchev–Trinajstić information content (AvgIpc) is 2.76. The topological polar surface area (TPSA) is 34.9 Å². The van der Waals surface area contributed by atoms with Gasteiger partial charge in [-0.2, -0.15) is 5.10 Å². The molecule has 2 rings (SSSR count). The summed E-state index contributed by atoms with van der Waals surface area (Å²) < 4.78 is 1.79. The van der Waals surface area contributed by atoms with Crippen LogP contribution in [-0.2, 0) is 13.0 Å². The maximum absolute atomic E-state index is 10.4. The van der Waals surface area contributed by atoms with Gasteiger partial charge in [0.25, 0.3) is 0 Å². The largest absolute Gasteiger partial charge is 0.296 e. The first-order valence-electron chi connectivity index (χ1n) is 4.91. The van der Waals surface area contributed by atoms with Crippen molar-refractivity contribution < 1.29 is 4.79 Å². The van der Waals surface area contributed by atoms with Crippen LogP contribution in [0.25, 0.3) is 0 Å². The molecule has 0 aliphatic carbocycles. The predicted molar refractivity (Wildman–Crippen MR) is 57.8 cm³/mol. The van der Waals surface area contributed by atoms with Gasteiger partial charge in [-0.3, -0.25) is 9.48 Å². The van der Waals surface area contributed by atoms with Crippen LogP contribution in [0.5, 0.6) is 0 Å². The number of hydrogen-bond acceptors (Lipinski definition) is 2. The van der Waals surface area contributed by atoms with Crippen molar-refractivity contribution in [3.8, 4) is 0 Å². The lowest BCUT2D eigenvalue weighted by atomic mass is 10.2. The monoisotopic (exact) mass is 200 g/mol. The highest BCUT2D eigenvalue weighted by atomic mass is 16.1. The second-order valence-corrected chi connectivity index (χ2v) is 3.36. The van der Waals surface area contributed by atoms with E-state index in [1.165, 1.54) is 5.56 Å². The van der Waals surface area contributed by atoms with E-state index in [0.29, 0.717) is 5.69 Å².